The highest BCUT2D eigenvalue weighted by atomic mass is 16.4. The zero-order valence-corrected chi connectivity index (χ0v) is 16.4. The Hall–Kier alpha value is -2.14. The Morgan fingerprint density at radius 2 is 1.89 bits per heavy atom. The molecule has 2 aliphatic rings. The first-order chi connectivity index (χ1) is 13.5. The Balaban J connectivity index is 1.50. The minimum absolute atomic E-state index is 0.0627. The highest BCUT2D eigenvalue weighted by Gasteiger charge is 2.49. The van der Waals surface area contributed by atoms with Crippen LogP contribution in [0.5, 0.6) is 0 Å². The van der Waals surface area contributed by atoms with Gasteiger partial charge in [-0.1, -0.05) is 55.3 Å². The quantitative estimate of drug-likeness (QED) is 0.450. The average Bonchev–Trinajstić information content (AvgIpc) is 3.43. The van der Waals surface area contributed by atoms with Crippen molar-refractivity contribution in [1.29, 1.82) is 0 Å². The second kappa shape index (κ2) is 9.37. The van der Waals surface area contributed by atoms with Crippen LogP contribution in [0.4, 0.5) is 0 Å². The van der Waals surface area contributed by atoms with E-state index in [4.69, 9.17) is 5.11 Å². The van der Waals surface area contributed by atoms with E-state index in [0.29, 0.717) is 19.4 Å². The Kier molecular flexibility index (Phi) is 6.89. The molecule has 0 radical (unpaired) electrons. The van der Waals surface area contributed by atoms with Crippen LogP contribution >= 0.6 is 0 Å². The first-order valence-corrected chi connectivity index (χ1v) is 10.5. The fraction of sp³-hybridized carbons (Fsp3) is 0.565. The molecule has 5 nitrogen and oxygen atoms in total. The van der Waals surface area contributed by atoms with Crippen molar-refractivity contribution in [2.45, 2.75) is 75.3 Å². The summed E-state index contributed by atoms with van der Waals surface area (Å²) in [5.74, 6) is -0.568. The van der Waals surface area contributed by atoms with E-state index < -0.39 is 12.1 Å². The maximum atomic E-state index is 12.2. The molecule has 1 amide bonds. The molecule has 28 heavy (non-hydrogen) atoms. The number of aliphatic hydroxyl groups excluding tert-OH is 1. The van der Waals surface area contributed by atoms with Gasteiger partial charge in [0.25, 0.3) is 0 Å². The smallest absolute Gasteiger partial charge is 0.303 e. The standard InChI is InChI=1S/C23H31NO4/c25-20(23(15-16-23)18-8-4-3-5-9-18)13-11-19-12-14-21(26)24(19)17-7-2-1-6-10-22(27)28/h3-5,8-9,11,13,19-20,25H,1-2,6-7,10,12,14-17H2,(H,27,28)/t19-,20?/m0/s1. The van der Waals surface area contributed by atoms with Crippen LogP contribution in [-0.4, -0.2) is 45.7 Å². The molecule has 2 N–H and O–H groups in total. The Bertz CT molecular complexity index is 696. The van der Waals surface area contributed by atoms with Gasteiger partial charge >= 0.3 is 5.97 Å². The number of aliphatic hydroxyl groups is 1. The molecule has 0 aromatic heterocycles. The summed E-state index contributed by atoms with van der Waals surface area (Å²) in [7, 11) is 0. The molecular weight excluding hydrogens is 354 g/mol. The monoisotopic (exact) mass is 385 g/mol. The van der Waals surface area contributed by atoms with Gasteiger partial charge in [-0.3, -0.25) is 9.59 Å². The molecule has 1 heterocycles. The first kappa shape index (κ1) is 20.6. The number of amides is 1. The zero-order valence-electron chi connectivity index (χ0n) is 16.4. The molecule has 3 rings (SSSR count). The summed E-state index contributed by atoms with van der Waals surface area (Å²) in [5, 5.41) is 19.5. The largest absolute Gasteiger partial charge is 0.481 e. The minimum Gasteiger partial charge on any atom is -0.481 e. The van der Waals surface area contributed by atoms with E-state index in [2.05, 4.69) is 12.1 Å². The molecule has 1 aliphatic heterocycles. The SMILES string of the molecule is O=C(O)CCCCCCN1C(=O)CC[C@@H]1C=CC(O)C1(c2ccccc2)CC1. The van der Waals surface area contributed by atoms with Crippen LogP contribution in [-0.2, 0) is 15.0 Å². The number of unbranched alkanes of at least 4 members (excludes halogenated alkanes) is 3. The van der Waals surface area contributed by atoms with Crippen LogP contribution in [0.1, 0.15) is 63.4 Å². The van der Waals surface area contributed by atoms with Gasteiger partial charge in [0, 0.05) is 24.8 Å². The van der Waals surface area contributed by atoms with Crippen LogP contribution in [0.3, 0.4) is 0 Å². The van der Waals surface area contributed by atoms with Gasteiger partial charge in [0.2, 0.25) is 5.91 Å². The van der Waals surface area contributed by atoms with Crippen LogP contribution < -0.4 is 0 Å². The average molecular weight is 386 g/mol. The molecule has 1 saturated heterocycles. The van der Waals surface area contributed by atoms with Crippen LogP contribution in [0.2, 0.25) is 0 Å². The highest BCUT2D eigenvalue weighted by Crippen LogP contribution is 2.51. The molecular formula is C23H31NO4. The van der Waals surface area contributed by atoms with E-state index in [1.807, 2.05) is 35.3 Å². The summed E-state index contributed by atoms with van der Waals surface area (Å²) in [5.41, 5.74) is 1.03. The Morgan fingerprint density at radius 1 is 1.18 bits per heavy atom. The lowest BCUT2D eigenvalue weighted by Gasteiger charge is -2.24. The number of likely N-dealkylation sites (tertiary alicyclic amines) is 1. The Morgan fingerprint density at radius 3 is 2.57 bits per heavy atom. The van der Waals surface area contributed by atoms with Gasteiger partial charge in [0.15, 0.2) is 0 Å². The maximum absolute atomic E-state index is 12.2. The number of rotatable bonds is 11. The van der Waals surface area contributed by atoms with Gasteiger partial charge in [0.05, 0.1) is 12.1 Å². The lowest BCUT2D eigenvalue weighted by molar-refractivity contribution is -0.137. The molecule has 0 bridgehead atoms. The number of hydrogen-bond donors (Lipinski definition) is 2. The second-order valence-corrected chi connectivity index (χ2v) is 8.10. The van der Waals surface area contributed by atoms with Crippen molar-refractivity contribution in [1.82, 2.24) is 4.90 Å². The molecule has 1 aliphatic carbocycles. The minimum atomic E-state index is -0.748. The number of nitrogens with zero attached hydrogens (tertiary/aromatic N) is 1. The van der Waals surface area contributed by atoms with Crippen LogP contribution in [0.25, 0.3) is 0 Å². The van der Waals surface area contributed by atoms with E-state index in [-0.39, 0.29) is 23.8 Å². The van der Waals surface area contributed by atoms with Gasteiger partial charge in [0.1, 0.15) is 0 Å². The number of carboxylic acids is 1. The molecule has 1 saturated carbocycles. The van der Waals surface area contributed by atoms with Crippen molar-refractivity contribution in [2.24, 2.45) is 0 Å². The lowest BCUT2D eigenvalue weighted by atomic mass is 9.89. The third-order valence-corrected chi connectivity index (χ3v) is 6.13. The van der Waals surface area contributed by atoms with Gasteiger partial charge < -0.3 is 15.1 Å². The molecule has 5 heteroatoms. The van der Waals surface area contributed by atoms with Gasteiger partial charge in [-0.2, -0.15) is 0 Å². The summed E-state index contributed by atoms with van der Waals surface area (Å²) in [6, 6.07) is 10.2. The van der Waals surface area contributed by atoms with Crippen molar-refractivity contribution in [2.75, 3.05) is 6.54 Å². The third kappa shape index (κ3) is 5.02. The molecule has 1 aromatic carbocycles. The molecule has 0 spiro atoms. The van der Waals surface area contributed by atoms with Crippen molar-refractivity contribution < 1.29 is 19.8 Å². The summed E-state index contributed by atoms with van der Waals surface area (Å²) in [4.78, 5) is 24.7. The normalized spacial score (nSPS) is 22.0. The van der Waals surface area contributed by atoms with E-state index in [0.717, 1.165) is 38.5 Å². The Labute approximate surface area is 167 Å². The molecule has 1 aromatic rings. The number of carbonyl (C=O) groups is 2. The van der Waals surface area contributed by atoms with Gasteiger partial charge in [-0.25, -0.2) is 0 Å². The molecule has 1 unspecified atom stereocenters. The molecule has 2 atom stereocenters. The van der Waals surface area contributed by atoms with E-state index in [1.165, 1.54) is 5.56 Å². The van der Waals surface area contributed by atoms with Crippen molar-refractivity contribution in [3.8, 4) is 0 Å². The summed E-state index contributed by atoms with van der Waals surface area (Å²) < 4.78 is 0. The maximum Gasteiger partial charge on any atom is 0.303 e. The van der Waals surface area contributed by atoms with E-state index in [1.54, 1.807) is 0 Å². The fourth-order valence-electron chi connectivity index (χ4n) is 4.24. The fourth-order valence-corrected chi connectivity index (χ4v) is 4.24. The van der Waals surface area contributed by atoms with Crippen molar-refractivity contribution in [3.05, 3.63) is 48.0 Å². The number of aliphatic carboxylic acids is 1. The van der Waals surface area contributed by atoms with Crippen molar-refractivity contribution in [3.63, 3.8) is 0 Å². The summed E-state index contributed by atoms with van der Waals surface area (Å²) >= 11 is 0. The van der Waals surface area contributed by atoms with Crippen LogP contribution in [0.15, 0.2) is 42.5 Å². The van der Waals surface area contributed by atoms with E-state index >= 15 is 0 Å². The highest BCUT2D eigenvalue weighted by molar-refractivity contribution is 5.79. The predicted octanol–water partition coefficient (Wildman–Crippen LogP) is 3.66. The predicted molar refractivity (Wildman–Crippen MR) is 108 cm³/mol. The van der Waals surface area contributed by atoms with Gasteiger partial charge in [-0.15, -0.1) is 0 Å². The number of carboxylic acid groups (broad SMARTS) is 1. The lowest BCUT2D eigenvalue weighted by Crippen LogP contribution is -2.33. The van der Waals surface area contributed by atoms with Crippen LogP contribution in [0, 0.1) is 0 Å². The zero-order chi connectivity index (χ0) is 20.0. The first-order valence-electron chi connectivity index (χ1n) is 10.5. The number of hydrogen-bond acceptors (Lipinski definition) is 3. The molecule has 2 fully saturated rings. The summed E-state index contributed by atoms with van der Waals surface area (Å²) in [6.45, 7) is 0.709. The number of carbonyl (C=O) groups excluding carboxylic acids is 1. The van der Waals surface area contributed by atoms with Crippen molar-refractivity contribution >= 4 is 11.9 Å². The second-order valence-electron chi connectivity index (χ2n) is 8.10. The number of benzene rings is 1. The molecule has 152 valence electrons. The topological polar surface area (TPSA) is 77.8 Å². The van der Waals surface area contributed by atoms with Gasteiger partial charge in [-0.05, 0) is 37.7 Å². The third-order valence-electron chi connectivity index (χ3n) is 6.13. The van der Waals surface area contributed by atoms with E-state index in [9.17, 15) is 14.7 Å². The summed E-state index contributed by atoms with van der Waals surface area (Å²) in [6.07, 6.45) is 10.4.